The predicted molar refractivity (Wildman–Crippen MR) is 89.0 cm³/mol. The Morgan fingerprint density at radius 3 is 2.27 bits per heavy atom. The normalized spacial score (nSPS) is 16.3. The molecule has 0 aliphatic heterocycles. The maximum atomic E-state index is 14.7. The number of halogens is 5. The van der Waals surface area contributed by atoms with Gasteiger partial charge in [0, 0.05) is 5.56 Å². The van der Waals surface area contributed by atoms with Gasteiger partial charge in [-0.25, -0.2) is 22.0 Å². The Labute approximate surface area is 148 Å². The molecule has 0 fully saturated rings. The molecule has 0 saturated carbocycles. The summed E-state index contributed by atoms with van der Waals surface area (Å²) in [5.74, 6) is -1.16. The van der Waals surface area contributed by atoms with E-state index in [1.165, 1.54) is 6.07 Å². The van der Waals surface area contributed by atoms with Gasteiger partial charge in [0.25, 0.3) is 0 Å². The van der Waals surface area contributed by atoms with E-state index in [0.717, 1.165) is 6.42 Å². The van der Waals surface area contributed by atoms with Crippen LogP contribution in [0.4, 0.5) is 22.0 Å². The van der Waals surface area contributed by atoms with Gasteiger partial charge in [-0.1, -0.05) is 24.0 Å². The first-order valence-electron chi connectivity index (χ1n) is 8.19. The average Bonchev–Trinajstić information content (AvgIpc) is 2.59. The summed E-state index contributed by atoms with van der Waals surface area (Å²) in [5.41, 5.74) is 0.385. The molecule has 0 aromatic heterocycles. The largest absolute Gasteiger partial charge is 0.206 e. The first-order chi connectivity index (χ1) is 12.4. The second-order valence-electron chi connectivity index (χ2n) is 6.22. The van der Waals surface area contributed by atoms with Gasteiger partial charge in [-0.05, 0) is 61.4 Å². The molecule has 0 bridgehead atoms. The summed E-state index contributed by atoms with van der Waals surface area (Å²) in [6.45, 7) is 1.90. The van der Waals surface area contributed by atoms with Crippen molar-refractivity contribution in [3.05, 3.63) is 81.7 Å². The molecule has 2 aromatic carbocycles. The van der Waals surface area contributed by atoms with Gasteiger partial charge in [-0.15, -0.1) is 0 Å². The molecule has 2 aromatic rings. The molecule has 0 saturated heterocycles. The molecular weight excluding hydrogens is 347 g/mol. The number of fused-ring (bicyclic) bond motifs is 1. The lowest BCUT2D eigenvalue weighted by Crippen LogP contribution is -2.15. The minimum absolute atomic E-state index is 0.203. The van der Waals surface area contributed by atoms with Crippen molar-refractivity contribution in [2.45, 2.75) is 26.2 Å². The lowest BCUT2D eigenvalue weighted by Gasteiger charge is -2.23. The summed E-state index contributed by atoms with van der Waals surface area (Å²) in [5, 5.41) is 0. The lowest BCUT2D eigenvalue weighted by atomic mass is 9.82. The van der Waals surface area contributed by atoms with Crippen LogP contribution in [0.15, 0.2) is 30.4 Å². The molecule has 1 aliphatic carbocycles. The van der Waals surface area contributed by atoms with Crippen LogP contribution in [0.1, 0.15) is 35.6 Å². The van der Waals surface area contributed by atoms with E-state index < -0.39 is 34.6 Å². The topological polar surface area (TPSA) is 0 Å². The molecule has 0 radical (unpaired) electrons. The fraction of sp³-hybridized carbons (Fsp3) is 0.238. The molecule has 0 amide bonds. The maximum Gasteiger partial charge on any atom is 0.194 e. The van der Waals surface area contributed by atoms with E-state index in [4.69, 9.17) is 0 Å². The summed E-state index contributed by atoms with van der Waals surface area (Å²) in [6.07, 6.45) is 5.70. The van der Waals surface area contributed by atoms with E-state index in [-0.39, 0.29) is 11.5 Å². The molecule has 0 heterocycles. The van der Waals surface area contributed by atoms with E-state index in [1.54, 1.807) is 0 Å². The molecule has 134 valence electrons. The van der Waals surface area contributed by atoms with E-state index >= 15 is 0 Å². The van der Waals surface area contributed by atoms with Crippen LogP contribution in [-0.2, 0) is 12.8 Å². The van der Waals surface area contributed by atoms with E-state index in [9.17, 15) is 22.0 Å². The summed E-state index contributed by atoms with van der Waals surface area (Å²) < 4.78 is 68.4. The van der Waals surface area contributed by atoms with Crippen molar-refractivity contribution in [3.8, 4) is 11.8 Å². The minimum atomic E-state index is -1.61. The van der Waals surface area contributed by atoms with Crippen molar-refractivity contribution in [2.75, 3.05) is 0 Å². The van der Waals surface area contributed by atoms with Gasteiger partial charge in [0.05, 0.1) is 5.56 Å². The molecule has 1 atom stereocenters. The second-order valence-corrected chi connectivity index (χ2v) is 6.22. The quantitative estimate of drug-likeness (QED) is 0.273. The van der Waals surface area contributed by atoms with Crippen LogP contribution in [0.2, 0.25) is 0 Å². The summed E-state index contributed by atoms with van der Waals surface area (Å²) in [6, 6.07) is 2.63. The molecule has 26 heavy (non-hydrogen) atoms. The van der Waals surface area contributed by atoms with Gasteiger partial charge in [0.2, 0.25) is 0 Å². The predicted octanol–water partition coefficient (Wildman–Crippen LogP) is 5.46. The standard InChI is InChI=1S/C21H15F5/c1-2-3-12-4-6-15-14(8-12)11-17(22)16(20(15)25)7-5-13-9-18(23)21(26)19(24)10-13/h2-3,9-12H,4,6,8H2,1H3/b3-2+. The van der Waals surface area contributed by atoms with Crippen molar-refractivity contribution in [2.24, 2.45) is 5.92 Å². The zero-order valence-corrected chi connectivity index (χ0v) is 14.0. The fourth-order valence-electron chi connectivity index (χ4n) is 3.19. The molecular formula is C21H15F5. The van der Waals surface area contributed by atoms with Crippen molar-refractivity contribution < 1.29 is 22.0 Å². The summed E-state index contributed by atoms with van der Waals surface area (Å²) >= 11 is 0. The van der Waals surface area contributed by atoms with E-state index in [0.29, 0.717) is 36.1 Å². The highest BCUT2D eigenvalue weighted by Crippen LogP contribution is 2.31. The SMILES string of the molecule is C/C=C/C1CCc2c(cc(F)c(C#Cc3cc(F)c(F)c(F)c3)c2F)C1. The molecule has 1 unspecified atom stereocenters. The molecule has 3 rings (SSSR count). The van der Waals surface area contributed by atoms with Crippen molar-refractivity contribution >= 4 is 0 Å². The van der Waals surface area contributed by atoms with Gasteiger partial charge in [0.15, 0.2) is 17.5 Å². The highest BCUT2D eigenvalue weighted by atomic mass is 19.2. The maximum absolute atomic E-state index is 14.7. The monoisotopic (exact) mass is 362 g/mol. The Balaban J connectivity index is 1.99. The van der Waals surface area contributed by atoms with Crippen LogP contribution < -0.4 is 0 Å². The Morgan fingerprint density at radius 1 is 0.923 bits per heavy atom. The van der Waals surface area contributed by atoms with Crippen LogP contribution in [-0.4, -0.2) is 0 Å². The third kappa shape index (κ3) is 3.50. The zero-order valence-electron chi connectivity index (χ0n) is 14.0. The van der Waals surface area contributed by atoms with Gasteiger partial charge in [0.1, 0.15) is 11.6 Å². The molecule has 5 heteroatoms. The molecule has 0 spiro atoms. The summed E-state index contributed by atoms with van der Waals surface area (Å²) in [4.78, 5) is 0. The molecule has 0 N–H and O–H groups in total. The van der Waals surface area contributed by atoms with Crippen LogP contribution in [0.3, 0.4) is 0 Å². The fourth-order valence-corrected chi connectivity index (χ4v) is 3.19. The number of hydrogen-bond acceptors (Lipinski definition) is 0. The molecule has 1 aliphatic rings. The first kappa shape index (κ1) is 18.2. The van der Waals surface area contributed by atoms with Crippen LogP contribution in [0.25, 0.3) is 0 Å². The Morgan fingerprint density at radius 2 is 1.62 bits per heavy atom. The van der Waals surface area contributed by atoms with E-state index in [1.807, 2.05) is 19.1 Å². The third-order valence-corrected chi connectivity index (χ3v) is 4.44. The van der Waals surface area contributed by atoms with Crippen LogP contribution >= 0.6 is 0 Å². The van der Waals surface area contributed by atoms with Crippen LogP contribution in [0, 0.1) is 46.8 Å². The van der Waals surface area contributed by atoms with Crippen molar-refractivity contribution in [1.82, 2.24) is 0 Å². The first-order valence-corrected chi connectivity index (χ1v) is 8.19. The van der Waals surface area contributed by atoms with Gasteiger partial charge >= 0.3 is 0 Å². The molecule has 0 nitrogen and oxygen atoms in total. The second kappa shape index (κ2) is 7.33. The van der Waals surface area contributed by atoms with Crippen molar-refractivity contribution in [3.63, 3.8) is 0 Å². The number of rotatable bonds is 1. The van der Waals surface area contributed by atoms with Gasteiger partial charge < -0.3 is 0 Å². The Bertz CT molecular complexity index is 924. The van der Waals surface area contributed by atoms with Crippen LogP contribution in [0.5, 0.6) is 0 Å². The number of allylic oxidation sites excluding steroid dienone is 2. The number of benzene rings is 2. The smallest absolute Gasteiger partial charge is 0.194 e. The highest BCUT2D eigenvalue weighted by molar-refractivity contribution is 5.48. The number of hydrogen-bond donors (Lipinski definition) is 0. The Kier molecular flexibility index (Phi) is 5.13. The van der Waals surface area contributed by atoms with Crippen molar-refractivity contribution in [1.29, 1.82) is 0 Å². The van der Waals surface area contributed by atoms with E-state index in [2.05, 4.69) is 11.8 Å². The minimum Gasteiger partial charge on any atom is -0.206 e. The lowest BCUT2D eigenvalue weighted by molar-refractivity contribution is 0.446. The zero-order chi connectivity index (χ0) is 18.8. The third-order valence-electron chi connectivity index (χ3n) is 4.44. The summed E-state index contributed by atoms with van der Waals surface area (Å²) in [7, 11) is 0. The highest BCUT2D eigenvalue weighted by Gasteiger charge is 2.23. The van der Waals surface area contributed by atoms with Gasteiger partial charge in [-0.3, -0.25) is 0 Å². The van der Waals surface area contributed by atoms with Gasteiger partial charge in [-0.2, -0.15) is 0 Å². The Hall–Kier alpha value is -2.61. The average molecular weight is 362 g/mol.